The molecule has 15 heteroatoms. The molecule has 1 aromatic heterocycles. The first-order chi connectivity index (χ1) is 25.6. The lowest BCUT2D eigenvalue weighted by atomic mass is 9.77. The number of para-hydroxylation sites is 1. The molecule has 0 aliphatic carbocycles. The summed E-state index contributed by atoms with van der Waals surface area (Å²) < 4.78 is 12.8. The fourth-order valence-corrected chi connectivity index (χ4v) is 6.55. The number of hydrogen-bond acceptors (Lipinski definition) is 8. The third-order valence-corrected chi connectivity index (χ3v) is 9.30. The van der Waals surface area contributed by atoms with Crippen molar-refractivity contribution in [2.45, 2.75) is 97.4 Å². The first-order valence-electron chi connectivity index (χ1n) is 18.2. The molecule has 0 saturated heterocycles. The fourth-order valence-electron chi connectivity index (χ4n) is 6.55. The summed E-state index contributed by atoms with van der Waals surface area (Å²) in [6.45, 7) is 12.3. The van der Waals surface area contributed by atoms with Gasteiger partial charge in [0, 0.05) is 61.2 Å². The molecule has 2 aromatic carbocycles. The number of benzene rings is 2. The van der Waals surface area contributed by atoms with E-state index in [2.05, 4.69) is 16.0 Å². The van der Waals surface area contributed by atoms with Crippen LogP contribution >= 0.6 is 0 Å². The van der Waals surface area contributed by atoms with Gasteiger partial charge in [0.05, 0.1) is 6.04 Å². The average molecular weight is 765 g/mol. The number of Topliss-reactive ketones (excluding diaryl/α,β-unsaturated/α-hetero) is 1. The van der Waals surface area contributed by atoms with Crippen LogP contribution in [-0.2, 0) is 42.9 Å². The lowest BCUT2D eigenvalue weighted by molar-refractivity contribution is -0.144. The predicted molar refractivity (Wildman–Crippen MR) is 208 cm³/mol. The van der Waals surface area contributed by atoms with Crippen LogP contribution in [0, 0.1) is 11.8 Å². The number of ether oxygens (including phenoxy) is 2. The number of ketones is 1. The molecule has 3 aromatic rings. The van der Waals surface area contributed by atoms with Gasteiger partial charge >= 0.3 is 24.2 Å². The number of likely N-dealkylation sites (N-methyl/N-ethyl adjacent to an activating group) is 1. The van der Waals surface area contributed by atoms with Gasteiger partial charge in [0.2, 0.25) is 5.91 Å². The second-order valence-electron chi connectivity index (χ2n) is 15.7. The number of carboxylic acid groups (broad SMARTS) is 1. The van der Waals surface area contributed by atoms with Crippen molar-refractivity contribution in [1.82, 2.24) is 20.1 Å². The fraction of sp³-hybridized carbons (Fsp3) is 0.500. The number of primary amides is 1. The van der Waals surface area contributed by atoms with E-state index in [9.17, 15) is 33.9 Å². The summed E-state index contributed by atoms with van der Waals surface area (Å²) in [5, 5.41) is 19.1. The Kier molecular flexibility index (Phi) is 14.8. The number of aromatic nitrogens is 1. The average Bonchev–Trinajstić information content (AvgIpc) is 3.43. The van der Waals surface area contributed by atoms with E-state index in [1.807, 2.05) is 42.1 Å². The topological polar surface area (TPSA) is 211 Å². The van der Waals surface area contributed by atoms with E-state index in [1.54, 1.807) is 72.7 Å². The van der Waals surface area contributed by atoms with Crippen LogP contribution in [0.3, 0.4) is 0 Å². The minimum Gasteiger partial charge on any atom is -0.480 e. The monoisotopic (exact) mass is 764 g/mol. The van der Waals surface area contributed by atoms with Crippen molar-refractivity contribution in [3.63, 3.8) is 0 Å². The summed E-state index contributed by atoms with van der Waals surface area (Å²) in [6.07, 6.45) is 0.740. The van der Waals surface area contributed by atoms with E-state index in [1.165, 1.54) is 7.05 Å². The van der Waals surface area contributed by atoms with Crippen LogP contribution in [0.25, 0.3) is 10.9 Å². The maximum Gasteiger partial charge on any atom is 0.410 e. The number of alkyl carbamates (subject to hydrolysis) is 1. The van der Waals surface area contributed by atoms with E-state index in [4.69, 9.17) is 15.2 Å². The van der Waals surface area contributed by atoms with Crippen LogP contribution in [-0.4, -0.2) is 81.7 Å². The largest absolute Gasteiger partial charge is 0.480 e. The Labute approximate surface area is 322 Å². The lowest BCUT2D eigenvalue weighted by Crippen LogP contribution is -2.53. The number of nitrogens with one attached hydrogen (secondary N) is 3. The Morgan fingerprint density at radius 1 is 0.964 bits per heavy atom. The van der Waals surface area contributed by atoms with E-state index in [0.29, 0.717) is 17.7 Å². The standard InChI is InChI=1S/C40H56N6O9/c1-24(2)32(44-37(52)55-39(3,4)5)31(47)21-26(13-12-20-42-36(41)51)34(48)43-27-18-16-25(17-19-27)23-54-38(53)46(9)33(35(49)50)40(6,7)29-22-45(8)30-15-11-10-14-28(29)30/h10-11,14-19,22,24,26,32-33H,12-13,20-21,23H2,1-9H3,(H,43,48)(H,44,52)(H,49,50)(H3,41,42,51)/t26-,32?,33-/m1/s1. The molecular weight excluding hydrogens is 708 g/mol. The molecular formula is C40H56N6O9. The highest BCUT2D eigenvalue weighted by atomic mass is 16.6. The summed E-state index contributed by atoms with van der Waals surface area (Å²) in [7, 11) is 3.28. The van der Waals surface area contributed by atoms with Crippen molar-refractivity contribution in [3.05, 3.63) is 65.9 Å². The van der Waals surface area contributed by atoms with Gasteiger partial charge in [-0.25, -0.2) is 19.2 Å². The Hall–Kier alpha value is -5.60. The van der Waals surface area contributed by atoms with Gasteiger partial charge in [-0.05, 0) is 68.9 Å². The molecule has 0 aliphatic heterocycles. The van der Waals surface area contributed by atoms with Gasteiger partial charge in [0.1, 0.15) is 18.2 Å². The molecule has 3 atom stereocenters. The number of nitrogens with zero attached hydrogens (tertiary/aromatic N) is 2. The van der Waals surface area contributed by atoms with Crippen molar-refractivity contribution in [3.8, 4) is 0 Å². The minimum absolute atomic E-state index is 0.163. The summed E-state index contributed by atoms with van der Waals surface area (Å²) in [6, 6.07) is 11.3. The molecule has 0 saturated carbocycles. The number of carbonyl (C=O) groups is 6. The first-order valence-corrected chi connectivity index (χ1v) is 18.2. The number of fused-ring (bicyclic) bond motifs is 1. The molecule has 3 rings (SSSR count). The van der Waals surface area contributed by atoms with Crippen LogP contribution in [0.4, 0.5) is 20.1 Å². The van der Waals surface area contributed by atoms with Crippen molar-refractivity contribution in [2.75, 3.05) is 18.9 Å². The second kappa shape index (κ2) is 18.6. The third-order valence-electron chi connectivity index (χ3n) is 9.30. The number of aryl methyl sites for hydroxylation is 1. The second-order valence-corrected chi connectivity index (χ2v) is 15.7. The Morgan fingerprint density at radius 3 is 2.18 bits per heavy atom. The normalized spacial score (nSPS) is 13.3. The van der Waals surface area contributed by atoms with Crippen LogP contribution in [0.15, 0.2) is 54.7 Å². The molecule has 1 unspecified atom stereocenters. The summed E-state index contributed by atoms with van der Waals surface area (Å²) in [5.74, 6) is -3.06. The first kappa shape index (κ1) is 43.8. The molecule has 0 aliphatic rings. The van der Waals surface area contributed by atoms with E-state index < -0.39 is 59.1 Å². The Balaban J connectivity index is 1.68. The quantitative estimate of drug-likeness (QED) is 0.107. The van der Waals surface area contributed by atoms with E-state index in [-0.39, 0.29) is 37.7 Å². The number of anilines is 1. The maximum atomic E-state index is 13.5. The SMILES string of the molecule is CC(C)C(NC(=O)OC(C)(C)C)C(=O)C[C@@H](CCCNC(N)=O)C(=O)Nc1ccc(COC(=O)N(C)[C@H](C(=O)O)C(C)(C)c2cn(C)c3ccccc23)cc1. The lowest BCUT2D eigenvalue weighted by Gasteiger charge is -2.37. The van der Waals surface area contributed by atoms with Gasteiger partial charge in [-0.3, -0.25) is 14.5 Å². The van der Waals surface area contributed by atoms with Crippen LogP contribution in [0.1, 0.15) is 78.9 Å². The smallest absolute Gasteiger partial charge is 0.410 e. The van der Waals surface area contributed by atoms with Crippen LogP contribution in [0.2, 0.25) is 0 Å². The minimum atomic E-state index is -1.25. The molecule has 0 radical (unpaired) electrons. The van der Waals surface area contributed by atoms with Crippen molar-refractivity contribution in [2.24, 2.45) is 24.6 Å². The van der Waals surface area contributed by atoms with Crippen LogP contribution in [0.5, 0.6) is 0 Å². The third kappa shape index (κ3) is 12.2. The summed E-state index contributed by atoms with van der Waals surface area (Å²) in [5.41, 5.74) is 6.13. The molecule has 0 fully saturated rings. The zero-order valence-corrected chi connectivity index (χ0v) is 33.2. The molecule has 300 valence electrons. The number of hydrogen-bond donors (Lipinski definition) is 5. The zero-order valence-electron chi connectivity index (χ0n) is 33.2. The summed E-state index contributed by atoms with van der Waals surface area (Å²) in [4.78, 5) is 77.6. The number of carbonyl (C=O) groups excluding carboxylic acids is 5. The van der Waals surface area contributed by atoms with E-state index >= 15 is 0 Å². The highest BCUT2D eigenvalue weighted by Crippen LogP contribution is 2.36. The number of aliphatic carboxylic acids is 1. The molecule has 0 spiro atoms. The van der Waals surface area contributed by atoms with Crippen molar-refractivity contribution >= 4 is 52.5 Å². The van der Waals surface area contributed by atoms with Crippen LogP contribution < -0.4 is 21.7 Å². The Morgan fingerprint density at radius 2 is 1.60 bits per heavy atom. The molecule has 15 nitrogen and oxygen atoms in total. The number of rotatable bonds is 17. The molecule has 1 heterocycles. The number of amides is 5. The molecule has 0 bridgehead atoms. The highest BCUT2D eigenvalue weighted by Gasteiger charge is 2.43. The van der Waals surface area contributed by atoms with Gasteiger partial charge in [-0.1, -0.05) is 58.0 Å². The van der Waals surface area contributed by atoms with Gasteiger partial charge in [-0.15, -0.1) is 0 Å². The van der Waals surface area contributed by atoms with Crippen molar-refractivity contribution in [1.29, 1.82) is 0 Å². The van der Waals surface area contributed by atoms with Crippen molar-refractivity contribution < 1.29 is 43.3 Å². The number of carboxylic acids is 1. The molecule has 55 heavy (non-hydrogen) atoms. The van der Waals surface area contributed by atoms with Gasteiger partial charge in [0.15, 0.2) is 5.78 Å². The maximum absolute atomic E-state index is 13.5. The highest BCUT2D eigenvalue weighted by molar-refractivity contribution is 5.97. The van der Waals surface area contributed by atoms with Gasteiger partial charge in [0.25, 0.3) is 0 Å². The summed E-state index contributed by atoms with van der Waals surface area (Å²) >= 11 is 0. The zero-order chi connectivity index (χ0) is 41.2. The number of urea groups is 1. The predicted octanol–water partition coefficient (Wildman–Crippen LogP) is 5.69. The molecule has 6 N–H and O–H groups in total. The van der Waals surface area contributed by atoms with E-state index in [0.717, 1.165) is 21.4 Å². The van der Waals surface area contributed by atoms with Gasteiger partial charge in [-0.2, -0.15) is 0 Å². The Bertz CT molecular complexity index is 1850. The number of nitrogens with two attached hydrogens (primary N) is 1. The molecule has 5 amide bonds. The van der Waals surface area contributed by atoms with Gasteiger partial charge < -0.3 is 40.8 Å².